The molecule has 0 aromatic heterocycles. The predicted octanol–water partition coefficient (Wildman–Crippen LogP) is 3.57. The van der Waals surface area contributed by atoms with E-state index in [1.807, 2.05) is 0 Å². The largest absolute Gasteiger partial charge is 0.392 e. The zero-order valence-electron chi connectivity index (χ0n) is 6.60. The average Bonchev–Trinajstić information content (AvgIpc) is 2.04. The van der Waals surface area contributed by atoms with Crippen molar-refractivity contribution in [3.8, 4) is 0 Å². The fourth-order valence-corrected chi connectivity index (χ4v) is 1.67. The molecule has 70 valence electrons. The summed E-state index contributed by atoms with van der Waals surface area (Å²) in [5.74, 6) is 0. The number of rotatable bonds is 2. The zero-order chi connectivity index (χ0) is 9.84. The van der Waals surface area contributed by atoms with E-state index in [9.17, 15) is 0 Å². The first-order valence-electron chi connectivity index (χ1n) is 3.57. The van der Waals surface area contributed by atoms with Gasteiger partial charge in [0.2, 0.25) is 0 Å². The molecule has 13 heavy (non-hydrogen) atoms. The minimum atomic E-state index is -0.113. The third-order valence-electron chi connectivity index (χ3n) is 1.46. The molecular weight excluding hydrogens is 230 g/mol. The molecule has 0 spiro atoms. The molecule has 4 heteroatoms. The van der Waals surface area contributed by atoms with Gasteiger partial charge in [-0.2, -0.15) is 0 Å². The fourth-order valence-electron chi connectivity index (χ4n) is 0.873. The first-order valence-corrected chi connectivity index (χ1v) is 4.70. The highest BCUT2D eigenvalue weighted by atomic mass is 35.5. The van der Waals surface area contributed by atoms with Crippen LogP contribution in [0.15, 0.2) is 24.3 Å². The second kappa shape index (κ2) is 4.87. The van der Waals surface area contributed by atoms with Gasteiger partial charge in [0, 0.05) is 15.6 Å². The van der Waals surface area contributed by atoms with Crippen LogP contribution >= 0.6 is 34.8 Å². The maximum atomic E-state index is 8.61. The lowest BCUT2D eigenvalue weighted by Crippen LogP contribution is -1.82. The van der Waals surface area contributed by atoms with E-state index in [0.717, 1.165) is 0 Å². The molecule has 0 heterocycles. The van der Waals surface area contributed by atoms with Gasteiger partial charge < -0.3 is 5.11 Å². The van der Waals surface area contributed by atoms with Crippen LogP contribution < -0.4 is 0 Å². The van der Waals surface area contributed by atoms with Crippen molar-refractivity contribution in [2.24, 2.45) is 0 Å². The normalized spacial score (nSPS) is 11.8. The monoisotopic (exact) mass is 236 g/mol. The molecule has 0 aliphatic rings. The number of hydrogen-bond acceptors (Lipinski definition) is 1. The SMILES string of the molecule is OC/C=C(\Cl)c1ccc(Cl)cc1Cl. The molecule has 1 nitrogen and oxygen atoms in total. The van der Waals surface area contributed by atoms with Crippen LogP contribution in [0.1, 0.15) is 5.56 Å². The standard InChI is InChI=1S/C9H7Cl3O/c10-6-1-2-7(9(12)5-6)8(11)3-4-13/h1-3,5,13H,4H2/b8-3-. The van der Waals surface area contributed by atoms with Crippen molar-refractivity contribution < 1.29 is 5.11 Å². The van der Waals surface area contributed by atoms with Crippen molar-refractivity contribution in [2.45, 2.75) is 0 Å². The second-order valence-electron chi connectivity index (χ2n) is 2.36. The predicted molar refractivity (Wildman–Crippen MR) is 57.4 cm³/mol. The highest BCUT2D eigenvalue weighted by Crippen LogP contribution is 2.28. The third-order valence-corrected chi connectivity index (χ3v) is 2.36. The summed E-state index contributed by atoms with van der Waals surface area (Å²) in [5.41, 5.74) is 0.668. The lowest BCUT2D eigenvalue weighted by molar-refractivity contribution is 0.343. The van der Waals surface area contributed by atoms with Crippen LogP contribution in [0.5, 0.6) is 0 Å². The number of halogens is 3. The molecule has 0 bridgehead atoms. The van der Waals surface area contributed by atoms with Gasteiger partial charge in [0.15, 0.2) is 0 Å². The quantitative estimate of drug-likeness (QED) is 0.834. The Bertz CT molecular complexity index is 334. The van der Waals surface area contributed by atoms with E-state index < -0.39 is 0 Å². The maximum absolute atomic E-state index is 8.61. The molecule has 0 unspecified atom stereocenters. The summed E-state index contributed by atoms with van der Waals surface area (Å²) >= 11 is 17.4. The molecule has 0 aliphatic carbocycles. The molecule has 0 saturated carbocycles. The molecule has 0 aliphatic heterocycles. The van der Waals surface area contributed by atoms with Gasteiger partial charge >= 0.3 is 0 Å². The first-order chi connectivity index (χ1) is 6.15. The van der Waals surface area contributed by atoms with E-state index in [4.69, 9.17) is 39.9 Å². The molecule has 1 N–H and O–H groups in total. The van der Waals surface area contributed by atoms with Crippen LogP contribution in [0, 0.1) is 0 Å². The van der Waals surface area contributed by atoms with Crippen molar-refractivity contribution in [3.05, 3.63) is 39.9 Å². The van der Waals surface area contributed by atoms with E-state index >= 15 is 0 Å². The summed E-state index contributed by atoms with van der Waals surface area (Å²) < 4.78 is 0. The Morgan fingerprint density at radius 3 is 2.62 bits per heavy atom. The Morgan fingerprint density at radius 2 is 2.08 bits per heavy atom. The first kappa shape index (κ1) is 10.9. The molecule has 0 amide bonds. The molecule has 0 atom stereocenters. The molecule has 0 saturated heterocycles. The fraction of sp³-hybridized carbons (Fsp3) is 0.111. The topological polar surface area (TPSA) is 20.2 Å². The van der Waals surface area contributed by atoms with Gasteiger partial charge in [-0.25, -0.2) is 0 Å². The van der Waals surface area contributed by atoms with Crippen molar-refractivity contribution in [3.63, 3.8) is 0 Å². The van der Waals surface area contributed by atoms with E-state index in [1.165, 1.54) is 6.08 Å². The highest BCUT2D eigenvalue weighted by molar-refractivity contribution is 6.50. The zero-order valence-corrected chi connectivity index (χ0v) is 8.87. The Kier molecular flexibility index (Phi) is 4.07. The average molecular weight is 238 g/mol. The molecule has 0 radical (unpaired) electrons. The van der Waals surface area contributed by atoms with Gasteiger partial charge in [0.05, 0.1) is 11.6 Å². The van der Waals surface area contributed by atoms with E-state index in [0.29, 0.717) is 20.6 Å². The maximum Gasteiger partial charge on any atom is 0.0629 e. The number of hydrogen-bond donors (Lipinski definition) is 1. The van der Waals surface area contributed by atoms with Crippen molar-refractivity contribution in [1.29, 1.82) is 0 Å². The van der Waals surface area contributed by atoms with Crippen LogP contribution in [0.4, 0.5) is 0 Å². The Morgan fingerprint density at radius 1 is 1.38 bits per heavy atom. The van der Waals surface area contributed by atoms with Crippen LogP contribution in [0.25, 0.3) is 5.03 Å². The van der Waals surface area contributed by atoms with Crippen molar-refractivity contribution in [2.75, 3.05) is 6.61 Å². The molecular formula is C9H7Cl3O. The minimum Gasteiger partial charge on any atom is -0.392 e. The Balaban J connectivity index is 3.09. The van der Waals surface area contributed by atoms with E-state index in [-0.39, 0.29) is 6.61 Å². The summed E-state index contributed by atoms with van der Waals surface area (Å²) in [6, 6.07) is 5.00. The summed E-state index contributed by atoms with van der Waals surface area (Å²) in [4.78, 5) is 0. The molecule has 1 aromatic rings. The highest BCUT2D eigenvalue weighted by Gasteiger charge is 2.03. The lowest BCUT2D eigenvalue weighted by Gasteiger charge is -2.02. The van der Waals surface area contributed by atoms with Crippen molar-refractivity contribution in [1.82, 2.24) is 0 Å². The molecule has 1 aromatic carbocycles. The van der Waals surface area contributed by atoms with Crippen molar-refractivity contribution >= 4 is 39.8 Å². The molecule has 0 fully saturated rings. The van der Waals surface area contributed by atoms with Gasteiger partial charge in [-0.15, -0.1) is 0 Å². The number of aliphatic hydroxyl groups excluding tert-OH is 1. The Hall–Kier alpha value is -0.210. The van der Waals surface area contributed by atoms with Crippen LogP contribution in [-0.4, -0.2) is 11.7 Å². The van der Waals surface area contributed by atoms with Gasteiger partial charge in [0.1, 0.15) is 0 Å². The summed E-state index contributed by atoms with van der Waals surface area (Å²) in [6.07, 6.45) is 1.47. The van der Waals surface area contributed by atoms with Gasteiger partial charge in [-0.05, 0) is 18.2 Å². The van der Waals surface area contributed by atoms with E-state index in [1.54, 1.807) is 18.2 Å². The smallest absolute Gasteiger partial charge is 0.0629 e. The van der Waals surface area contributed by atoms with Gasteiger partial charge in [-0.3, -0.25) is 0 Å². The summed E-state index contributed by atoms with van der Waals surface area (Å²) in [7, 11) is 0. The number of benzene rings is 1. The molecule has 1 rings (SSSR count). The number of aliphatic hydroxyl groups is 1. The lowest BCUT2D eigenvalue weighted by atomic mass is 10.2. The summed E-state index contributed by atoms with van der Waals surface area (Å²) in [5, 5.41) is 10.1. The van der Waals surface area contributed by atoms with Crippen LogP contribution in [-0.2, 0) is 0 Å². The van der Waals surface area contributed by atoms with Crippen LogP contribution in [0.3, 0.4) is 0 Å². The van der Waals surface area contributed by atoms with Gasteiger partial charge in [0.25, 0.3) is 0 Å². The Labute approximate surface area is 91.5 Å². The second-order valence-corrected chi connectivity index (χ2v) is 3.61. The minimum absolute atomic E-state index is 0.113. The summed E-state index contributed by atoms with van der Waals surface area (Å²) in [6.45, 7) is -0.113. The third kappa shape index (κ3) is 2.89. The van der Waals surface area contributed by atoms with Crippen LogP contribution in [0.2, 0.25) is 10.0 Å². The van der Waals surface area contributed by atoms with Gasteiger partial charge in [-0.1, -0.05) is 40.9 Å². The van der Waals surface area contributed by atoms with E-state index in [2.05, 4.69) is 0 Å².